The Labute approximate surface area is 118 Å². The molecular formula is C14H20N4S. The lowest BCUT2D eigenvalue weighted by Crippen LogP contribution is -2.01. The zero-order chi connectivity index (χ0) is 13.5. The maximum absolute atomic E-state index is 5.96. The molecular weight excluding hydrogens is 256 g/mol. The van der Waals surface area contributed by atoms with Crippen LogP contribution in [0.5, 0.6) is 0 Å². The van der Waals surface area contributed by atoms with E-state index in [0.717, 1.165) is 22.7 Å². The molecule has 0 saturated carbocycles. The van der Waals surface area contributed by atoms with Gasteiger partial charge in [-0.05, 0) is 35.6 Å². The Balaban J connectivity index is 2.02. The van der Waals surface area contributed by atoms with Gasteiger partial charge in [0.15, 0.2) is 0 Å². The lowest BCUT2D eigenvalue weighted by atomic mass is 10.1. The molecule has 3 N–H and O–H groups in total. The summed E-state index contributed by atoms with van der Waals surface area (Å²) in [6.45, 7) is 3.19. The smallest absolute Gasteiger partial charge is 0.147 e. The number of nitrogens with two attached hydrogens (primary N) is 1. The van der Waals surface area contributed by atoms with Crippen LogP contribution in [-0.2, 0) is 0 Å². The highest BCUT2D eigenvalue weighted by Crippen LogP contribution is 2.36. The van der Waals surface area contributed by atoms with Crippen LogP contribution >= 0.6 is 11.5 Å². The Morgan fingerprint density at radius 2 is 2.00 bits per heavy atom. The van der Waals surface area contributed by atoms with Crippen LogP contribution in [0.4, 0.5) is 10.8 Å². The van der Waals surface area contributed by atoms with Crippen molar-refractivity contribution in [1.29, 1.82) is 0 Å². The fourth-order valence-corrected chi connectivity index (χ4v) is 2.74. The van der Waals surface area contributed by atoms with Gasteiger partial charge in [-0.1, -0.05) is 26.2 Å². The molecule has 0 radical (unpaired) electrons. The van der Waals surface area contributed by atoms with Crippen LogP contribution in [0.15, 0.2) is 24.5 Å². The van der Waals surface area contributed by atoms with E-state index in [1.165, 1.54) is 37.2 Å². The van der Waals surface area contributed by atoms with Gasteiger partial charge in [0.1, 0.15) is 10.8 Å². The van der Waals surface area contributed by atoms with Crippen LogP contribution in [0.25, 0.3) is 11.1 Å². The summed E-state index contributed by atoms with van der Waals surface area (Å²) in [7, 11) is 0. The maximum Gasteiger partial charge on any atom is 0.147 e. The van der Waals surface area contributed by atoms with Gasteiger partial charge in [-0.3, -0.25) is 4.98 Å². The second-order valence-corrected chi connectivity index (χ2v) is 5.27. The average molecular weight is 276 g/mol. The number of hydrogen-bond donors (Lipinski definition) is 2. The van der Waals surface area contributed by atoms with Crippen LogP contribution in [-0.4, -0.2) is 15.9 Å². The molecule has 5 heteroatoms. The molecule has 2 aromatic heterocycles. The van der Waals surface area contributed by atoms with Gasteiger partial charge < -0.3 is 11.1 Å². The molecule has 0 bridgehead atoms. The van der Waals surface area contributed by atoms with Crippen molar-refractivity contribution in [3.8, 4) is 11.1 Å². The summed E-state index contributed by atoms with van der Waals surface area (Å²) in [4.78, 5) is 4.03. The Bertz CT molecular complexity index is 495. The Morgan fingerprint density at radius 1 is 1.21 bits per heavy atom. The highest BCUT2D eigenvalue weighted by atomic mass is 32.1. The minimum Gasteiger partial charge on any atom is -0.382 e. The van der Waals surface area contributed by atoms with Crippen molar-refractivity contribution in [1.82, 2.24) is 9.36 Å². The molecule has 0 atom stereocenters. The van der Waals surface area contributed by atoms with Crippen LogP contribution in [0, 0.1) is 0 Å². The number of nitrogen functional groups attached to an aromatic ring is 1. The first-order chi connectivity index (χ1) is 9.33. The molecule has 0 aliphatic heterocycles. The largest absolute Gasteiger partial charge is 0.382 e. The maximum atomic E-state index is 5.96. The lowest BCUT2D eigenvalue weighted by molar-refractivity contribution is 0.685. The Hall–Kier alpha value is -1.62. The van der Waals surface area contributed by atoms with E-state index in [9.17, 15) is 0 Å². The van der Waals surface area contributed by atoms with Gasteiger partial charge in [0.2, 0.25) is 0 Å². The van der Waals surface area contributed by atoms with Crippen molar-refractivity contribution in [2.75, 3.05) is 17.6 Å². The van der Waals surface area contributed by atoms with E-state index in [0.29, 0.717) is 5.82 Å². The summed E-state index contributed by atoms with van der Waals surface area (Å²) in [5.74, 6) is 0.590. The highest BCUT2D eigenvalue weighted by Gasteiger charge is 2.12. The van der Waals surface area contributed by atoms with Gasteiger partial charge in [0, 0.05) is 18.9 Å². The molecule has 0 aromatic carbocycles. The van der Waals surface area contributed by atoms with Crippen molar-refractivity contribution < 1.29 is 0 Å². The molecule has 0 fully saturated rings. The number of pyridine rings is 1. The molecule has 0 unspecified atom stereocenters. The summed E-state index contributed by atoms with van der Waals surface area (Å²) in [5.41, 5.74) is 8.03. The van der Waals surface area contributed by atoms with E-state index >= 15 is 0 Å². The number of nitrogens with zero attached hydrogens (tertiary/aromatic N) is 2. The molecule has 0 amide bonds. The summed E-state index contributed by atoms with van der Waals surface area (Å²) >= 11 is 1.43. The lowest BCUT2D eigenvalue weighted by Gasteiger charge is -2.07. The van der Waals surface area contributed by atoms with E-state index in [4.69, 9.17) is 5.73 Å². The van der Waals surface area contributed by atoms with Gasteiger partial charge >= 0.3 is 0 Å². The van der Waals surface area contributed by atoms with Crippen LogP contribution in [0.1, 0.15) is 32.6 Å². The first kappa shape index (κ1) is 13.8. The summed E-state index contributed by atoms with van der Waals surface area (Å²) in [6.07, 6.45) is 8.55. The summed E-state index contributed by atoms with van der Waals surface area (Å²) in [6, 6.07) is 3.92. The minimum atomic E-state index is 0.590. The molecule has 2 aromatic rings. The molecule has 0 aliphatic rings. The molecule has 2 rings (SSSR count). The predicted octanol–water partition coefficient (Wildman–Crippen LogP) is 3.78. The second-order valence-electron chi connectivity index (χ2n) is 4.50. The minimum absolute atomic E-state index is 0.590. The van der Waals surface area contributed by atoms with Gasteiger partial charge in [0.05, 0.1) is 5.56 Å². The van der Waals surface area contributed by atoms with Crippen LogP contribution in [0.2, 0.25) is 0 Å². The highest BCUT2D eigenvalue weighted by molar-refractivity contribution is 7.11. The first-order valence-electron chi connectivity index (χ1n) is 6.72. The van der Waals surface area contributed by atoms with Crippen molar-refractivity contribution in [2.45, 2.75) is 32.6 Å². The third-order valence-corrected chi connectivity index (χ3v) is 3.82. The zero-order valence-electron chi connectivity index (χ0n) is 11.2. The molecule has 4 nitrogen and oxygen atoms in total. The third kappa shape index (κ3) is 3.67. The van der Waals surface area contributed by atoms with E-state index in [-0.39, 0.29) is 0 Å². The van der Waals surface area contributed by atoms with Crippen molar-refractivity contribution in [3.05, 3.63) is 24.5 Å². The Kier molecular flexibility index (Phi) is 5.15. The van der Waals surface area contributed by atoms with Gasteiger partial charge in [0.25, 0.3) is 0 Å². The average Bonchev–Trinajstić information content (AvgIpc) is 2.81. The fourth-order valence-electron chi connectivity index (χ4n) is 1.97. The topological polar surface area (TPSA) is 63.8 Å². The SMILES string of the molecule is CCCCCCNc1snc(N)c1-c1ccncc1. The van der Waals surface area contributed by atoms with Gasteiger partial charge in [-0.2, -0.15) is 4.37 Å². The van der Waals surface area contributed by atoms with E-state index < -0.39 is 0 Å². The van der Waals surface area contributed by atoms with Gasteiger partial charge in [-0.15, -0.1) is 0 Å². The van der Waals surface area contributed by atoms with Crippen LogP contribution in [0.3, 0.4) is 0 Å². The predicted molar refractivity (Wildman–Crippen MR) is 82.4 cm³/mol. The number of anilines is 2. The first-order valence-corrected chi connectivity index (χ1v) is 7.49. The number of nitrogens with one attached hydrogen (secondary N) is 1. The number of hydrogen-bond acceptors (Lipinski definition) is 5. The van der Waals surface area contributed by atoms with E-state index in [1.807, 2.05) is 12.1 Å². The standard InChI is InChI=1S/C14H20N4S/c1-2-3-4-5-8-17-14-12(13(15)18-19-14)11-6-9-16-10-7-11/h6-7,9-10,17H,2-5,8H2,1H3,(H2,15,18). The summed E-state index contributed by atoms with van der Waals surface area (Å²) < 4.78 is 4.24. The molecule has 0 spiro atoms. The van der Waals surface area contributed by atoms with E-state index in [1.54, 1.807) is 12.4 Å². The summed E-state index contributed by atoms with van der Waals surface area (Å²) in [5, 5.41) is 4.50. The molecule has 102 valence electrons. The van der Waals surface area contributed by atoms with Gasteiger partial charge in [-0.25, -0.2) is 0 Å². The van der Waals surface area contributed by atoms with Crippen molar-refractivity contribution in [2.24, 2.45) is 0 Å². The number of rotatable bonds is 7. The molecule has 19 heavy (non-hydrogen) atoms. The van der Waals surface area contributed by atoms with Crippen molar-refractivity contribution in [3.63, 3.8) is 0 Å². The number of unbranched alkanes of at least 4 members (excludes halogenated alkanes) is 3. The molecule has 2 heterocycles. The third-order valence-electron chi connectivity index (χ3n) is 3.00. The number of aromatic nitrogens is 2. The fraction of sp³-hybridized carbons (Fsp3) is 0.429. The van der Waals surface area contributed by atoms with E-state index in [2.05, 4.69) is 21.6 Å². The Morgan fingerprint density at radius 3 is 2.74 bits per heavy atom. The van der Waals surface area contributed by atoms with Crippen LogP contribution < -0.4 is 11.1 Å². The monoisotopic (exact) mass is 276 g/mol. The normalized spacial score (nSPS) is 10.6. The quantitative estimate of drug-likeness (QED) is 0.755. The molecule has 0 saturated heterocycles. The zero-order valence-corrected chi connectivity index (χ0v) is 12.0. The molecule has 0 aliphatic carbocycles. The second kappa shape index (κ2) is 7.09. The van der Waals surface area contributed by atoms with Crippen molar-refractivity contribution >= 4 is 22.4 Å².